The van der Waals surface area contributed by atoms with Crippen molar-refractivity contribution in [3.05, 3.63) is 88.9 Å². The Balaban J connectivity index is 1.54. The largest absolute Gasteiger partial charge is 0.381 e. The lowest BCUT2D eigenvalue weighted by molar-refractivity contribution is 0.745. The van der Waals surface area contributed by atoms with Crippen LogP contribution in [0, 0.1) is 13.8 Å². The van der Waals surface area contributed by atoms with Gasteiger partial charge in [-0.2, -0.15) is 0 Å². The summed E-state index contributed by atoms with van der Waals surface area (Å²) in [6, 6.07) is 21.2. The van der Waals surface area contributed by atoms with E-state index >= 15 is 0 Å². The minimum absolute atomic E-state index is 0.794. The van der Waals surface area contributed by atoms with Gasteiger partial charge < -0.3 is 9.88 Å². The Morgan fingerprint density at radius 2 is 1.61 bits per heavy atom. The van der Waals surface area contributed by atoms with E-state index in [-0.39, 0.29) is 0 Å². The van der Waals surface area contributed by atoms with Crippen molar-refractivity contribution in [3.8, 4) is 0 Å². The number of anilines is 1. The molecule has 4 nitrogen and oxygen atoms in total. The molecule has 2 heterocycles. The van der Waals surface area contributed by atoms with Crippen molar-refractivity contribution in [1.29, 1.82) is 0 Å². The number of hydrogen-bond donors (Lipinski definition) is 1. The summed E-state index contributed by atoms with van der Waals surface area (Å²) in [5.41, 5.74) is 7.91. The van der Waals surface area contributed by atoms with Crippen LogP contribution in [0.4, 0.5) is 5.69 Å². The Kier molecular flexibility index (Phi) is 5.11. The van der Waals surface area contributed by atoms with Crippen LogP contribution in [0.1, 0.15) is 35.1 Å². The second kappa shape index (κ2) is 7.85. The van der Waals surface area contributed by atoms with Crippen molar-refractivity contribution in [3.63, 3.8) is 0 Å². The summed E-state index contributed by atoms with van der Waals surface area (Å²) >= 11 is 0. The highest BCUT2D eigenvalue weighted by Crippen LogP contribution is 2.21. The van der Waals surface area contributed by atoms with Gasteiger partial charge in [-0.1, -0.05) is 49.4 Å². The molecule has 0 spiro atoms. The molecular formula is C24H26N4. The Labute approximate surface area is 166 Å². The van der Waals surface area contributed by atoms with Crippen molar-refractivity contribution in [1.82, 2.24) is 14.5 Å². The molecular weight excluding hydrogens is 344 g/mol. The topological polar surface area (TPSA) is 42.7 Å². The molecule has 0 aliphatic heterocycles. The first-order valence-corrected chi connectivity index (χ1v) is 9.84. The number of nitrogens with zero attached hydrogens (tertiary/aromatic N) is 3. The van der Waals surface area contributed by atoms with Crippen LogP contribution < -0.4 is 5.32 Å². The molecule has 0 aliphatic carbocycles. The minimum Gasteiger partial charge on any atom is -0.381 e. The summed E-state index contributed by atoms with van der Waals surface area (Å²) < 4.78 is 2.26. The van der Waals surface area contributed by atoms with E-state index in [4.69, 9.17) is 9.97 Å². The predicted molar refractivity (Wildman–Crippen MR) is 116 cm³/mol. The van der Waals surface area contributed by atoms with Gasteiger partial charge in [0, 0.05) is 24.3 Å². The Hall–Kier alpha value is -3.14. The standard InChI is InChI=1S/C24H26N4/c1-4-22-27-23-17(2)14-18(3)26-24(23)28(22)16-20-12-10-19(11-13-20)15-25-21-8-6-5-7-9-21/h5-14,25H,4,15-16H2,1-3H3. The number of hydrogen-bond acceptors (Lipinski definition) is 3. The van der Waals surface area contributed by atoms with Gasteiger partial charge in [0.1, 0.15) is 11.3 Å². The van der Waals surface area contributed by atoms with Crippen LogP contribution >= 0.6 is 0 Å². The molecule has 0 saturated heterocycles. The second-order valence-electron chi connectivity index (χ2n) is 7.26. The third kappa shape index (κ3) is 3.77. The normalized spacial score (nSPS) is 11.1. The molecule has 4 aromatic rings. The molecule has 28 heavy (non-hydrogen) atoms. The van der Waals surface area contributed by atoms with Crippen LogP contribution in [-0.4, -0.2) is 14.5 Å². The molecule has 0 radical (unpaired) electrons. The fourth-order valence-electron chi connectivity index (χ4n) is 3.59. The zero-order chi connectivity index (χ0) is 19.5. The molecule has 0 aliphatic rings. The SMILES string of the molecule is CCc1nc2c(C)cc(C)nc2n1Cc1ccc(CNc2ccccc2)cc1. The van der Waals surface area contributed by atoms with Gasteiger partial charge in [0.25, 0.3) is 0 Å². The van der Waals surface area contributed by atoms with Crippen LogP contribution in [0.25, 0.3) is 11.2 Å². The van der Waals surface area contributed by atoms with Crippen molar-refractivity contribution < 1.29 is 0 Å². The lowest BCUT2D eigenvalue weighted by atomic mass is 10.1. The first kappa shape index (κ1) is 18.2. The van der Waals surface area contributed by atoms with Gasteiger partial charge in [0.05, 0.1) is 6.54 Å². The Morgan fingerprint density at radius 1 is 0.893 bits per heavy atom. The van der Waals surface area contributed by atoms with E-state index in [9.17, 15) is 0 Å². The number of pyridine rings is 1. The lowest BCUT2D eigenvalue weighted by Gasteiger charge is -2.10. The fraction of sp³-hybridized carbons (Fsp3) is 0.250. The molecule has 2 aromatic heterocycles. The molecule has 0 unspecified atom stereocenters. The van der Waals surface area contributed by atoms with E-state index in [1.54, 1.807) is 0 Å². The lowest BCUT2D eigenvalue weighted by Crippen LogP contribution is -2.06. The molecule has 0 atom stereocenters. The van der Waals surface area contributed by atoms with Gasteiger partial charge in [-0.05, 0) is 48.7 Å². The molecule has 4 heteroatoms. The predicted octanol–water partition coefficient (Wildman–Crippen LogP) is 5.27. The van der Waals surface area contributed by atoms with Crippen LogP contribution in [-0.2, 0) is 19.5 Å². The number of rotatable bonds is 6. The van der Waals surface area contributed by atoms with Crippen LogP contribution in [0.2, 0.25) is 0 Å². The van der Waals surface area contributed by atoms with Crippen LogP contribution in [0.15, 0.2) is 60.7 Å². The van der Waals surface area contributed by atoms with Crippen LogP contribution in [0.3, 0.4) is 0 Å². The molecule has 0 fully saturated rings. The maximum atomic E-state index is 4.84. The maximum Gasteiger partial charge on any atom is 0.160 e. The van der Waals surface area contributed by atoms with Gasteiger partial charge in [0.15, 0.2) is 5.65 Å². The summed E-state index contributed by atoms with van der Waals surface area (Å²) in [4.78, 5) is 9.61. The van der Waals surface area contributed by atoms with Crippen molar-refractivity contribution in [2.45, 2.75) is 40.3 Å². The average Bonchev–Trinajstić information content (AvgIpc) is 3.06. The summed E-state index contributed by atoms with van der Waals surface area (Å²) in [7, 11) is 0. The number of aryl methyl sites for hydroxylation is 3. The van der Waals surface area contributed by atoms with Gasteiger partial charge >= 0.3 is 0 Å². The minimum atomic E-state index is 0.794. The van der Waals surface area contributed by atoms with E-state index in [1.165, 1.54) is 16.7 Å². The van der Waals surface area contributed by atoms with E-state index in [0.717, 1.165) is 47.9 Å². The number of fused-ring (bicyclic) bond motifs is 1. The Bertz CT molecular complexity index is 1080. The molecule has 142 valence electrons. The van der Waals surface area contributed by atoms with Gasteiger partial charge in [0.2, 0.25) is 0 Å². The summed E-state index contributed by atoms with van der Waals surface area (Å²) in [6.45, 7) is 7.92. The highest BCUT2D eigenvalue weighted by atomic mass is 15.1. The van der Waals surface area contributed by atoms with Gasteiger partial charge in [-0.3, -0.25) is 0 Å². The molecule has 0 amide bonds. The number of imidazole rings is 1. The quantitative estimate of drug-likeness (QED) is 0.503. The molecule has 2 aromatic carbocycles. The second-order valence-corrected chi connectivity index (χ2v) is 7.26. The number of benzene rings is 2. The monoisotopic (exact) mass is 370 g/mol. The third-order valence-corrected chi connectivity index (χ3v) is 5.05. The number of para-hydroxylation sites is 1. The number of aromatic nitrogens is 3. The zero-order valence-corrected chi connectivity index (χ0v) is 16.7. The summed E-state index contributed by atoms with van der Waals surface area (Å²) in [6.07, 6.45) is 0.897. The van der Waals surface area contributed by atoms with Crippen molar-refractivity contribution >= 4 is 16.9 Å². The Morgan fingerprint density at radius 3 is 2.32 bits per heavy atom. The highest BCUT2D eigenvalue weighted by molar-refractivity contribution is 5.76. The van der Waals surface area contributed by atoms with Gasteiger partial charge in [-0.15, -0.1) is 0 Å². The van der Waals surface area contributed by atoms with E-state index in [2.05, 4.69) is 66.2 Å². The summed E-state index contributed by atoms with van der Waals surface area (Å²) in [5.74, 6) is 1.09. The third-order valence-electron chi connectivity index (χ3n) is 5.05. The first-order valence-electron chi connectivity index (χ1n) is 9.84. The van der Waals surface area contributed by atoms with Crippen molar-refractivity contribution in [2.75, 3.05) is 5.32 Å². The van der Waals surface area contributed by atoms with Crippen molar-refractivity contribution in [2.24, 2.45) is 0 Å². The smallest absolute Gasteiger partial charge is 0.160 e. The van der Waals surface area contributed by atoms with E-state index in [0.29, 0.717) is 0 Å². The molecule has 0 saturated carbocycles. The average molecular weight is 370 g/mol. The zero-order valence-electron chi connectivity index (χ0n) is 16.7. The van der Waals surface area contributed by atoms with Gasteiger partial charge in [-0.25, -0.2) is 9.97 Å². The van der Waals surface area contributed by atoms with Crippen LogP contribution in [0.5, 0.6) is 0 Å². The maximum absolute atomic E-state index is 4.84. The first-order chi connectivity index (χ1) is 13.6. The highest BCUT2D eigenvalue weighted by Gasteiger charge is 2.13. The van der Waals surface area contributed by atoms with E-state index in [1.807, 2.05) is 25.1 Å². The molecule has 1 N–H and O–H groups in total. The summed E-state index contributed by atoms with van der Waals surface area (Å²) in [5, 5.41) is 3.46. The van der Waals surface area contributed by atoms with E-state index < -0.39 is 0 Å². The fourth-order valence-corrected chi connectivity index (χ4v) is 3.59. The number of nitrogens with one attached hydrogen (secondary N) is 1. The molecule has 4 rings (SSSR count). The molecule has 0 bridgehead atoms.